The Morgan fingerprint density at radius 1 is 0.970 bits per heavy atom. The van der Waals surface area contributed by atoms with Crippen LogP contribution in [-0.4, -0.2) is 23.2 Å². The number of carboxylic acid groups (broad SMARTS) is 1. The molecule has 178 valence electrons. The summed E-state index contributed by atoms with van der Waals surface area (Å²) in [6.07, 6.45) is 7.58. The number of nitrogens with one attached hydrogen (secondary N) is 1. The number of hydrogen-bond acceptors (Lipinski definition) is 3. The second kappa shape index (κ2) is 10.3. The largest absolute Gasteiger partial charge is 0.490 e. The first kappa shape index (κ1) is 23.8. The van der Waals surface area contributed by atoms with Crippen LogP contribution in [0.1, 0.15) is 71.3 Å². The molecule has 4 rings (SSSR count). The lowest BCUT2D eigenvalue weighted by Gasteiger charge is -2.36. The lowest BCUT2D eigenvalue weighted by atomic mass is 9.72. The summed E-state index contributed by atoms with van der Waals surface area (Å²) in [5.41, 5.74) is 4.00. The summed E-state index contributed by atoms with van der Waals surface area (Å²) in [5, 5.41) is 12.7. The van der Waals surface area contributed by atoms with Crippen molar-refractivity contribution in [3.8, 4) is 16.9 Å². The van der Waals surface area contributed by atoms with Gasteiger partial charge in [0, 0.05) is 12.6 Å². The van der Waals surface area contributed by atoms with Crippen molar-refractivity contribution in [2.75, 3.05) is 0 Å². The second-order valence-corrected chi connectivity index (χ2v) is 11.1. The van der Waals surface area contributed by atoms with E-state index in [-0.39, 0.29) is 5.92 Å². The molecule has 2 aromatic carbocycles. The molecule has 2 aliphatic carbocycles. The summed E-state index contributed by atoms with van der Waals surface area (Å²) in [6.45, 7) is 7.83. The smallest absolute Gasteiger partial charge is 0.306 e. The lowest BCUT2D eigenvalue weighted by Crippen LogP contribution is -2.30. The number of carbonyl (C=O) groups is 1. The third kappa shape index (κ3) is 6.38. The fourth-order valence-electron chi connectivity index (χ4n) is 5.48. The summed E-state index contributed by atoms with van der Waals surface area (Å²) >= 11 is 0. The van der Waals surface area contributed by atoms with Gasteiger partial charge in [-0.15, -0.1) is 0 Å². The summed E-state index contributed by atoms with van der Waals surface area (Å²) in [4.78, 5) is 11.2. The Labute approximate surface area is 198 Å². The van der Waals surface area contributed by atoms with Gasteiger partial charge in [0.25, 0.3) is 0 Å². The minimum absolute atomic E-state index is 0.192. The quantitative estimate of drug-likeness (QED) is 0.495. The van der Waals surface area contributed by atoms with Crippen LogP contribution < -0.4 is 10.1 Å². The van der Waals surface area contributed by atoms with Gasteiger partial charge in [0.05, 0.1) is 12.0 Å². The van der Waals surface area contributed by atoms with Gasteiger partial charge in [0.2, 0.25) is 0 Å². The van der Waals surface area contributed by atoms with E-state index in [0.717, 1.165) is 50.3 Å². The Morgan fingerprint density at radius 2 is 1.70 bits per heavy atom. The van der Waals surface area contributed by atoms with Crippen molar-refractivity contribution in [3.63, 3.8) is 0 Å². The molecule has 0 bridgehead atoms. The molecule has 4 nitrogen and oxygen atoms in total. The van der Waals surface area contributed by atoms with Crippen LogP contribution in [0.5, 0.6) is 5.75 Å². The molecule has 0 heterocycles. The van der Waals surface area contributed by atoms with Gasteiger partial charge < -0.3 is 15.2 Å². The van der Waals surface area contributed by atoms with Crippen molar-refractivity contribution >= 4 is 5.97 Å². The molecule has 0 spiro atoms. The van der Waals surface area contributed by atoms with Crippen LogP contribution in [0.3, 0.4) is 0 Å². The zero-order valence-corrected chi connectivity index (χ0v) is 20.3. The third-order valence-corrected chi connectivity index (χ3v) is 7.69. The monoisotopic (exact) mass is 449 g/mol. The standard InChI is InChI=1S/C29H39NO3/c1-29(2,3)24-10-15-27(16-11-24)33-26-13-8-21(9-14-26)22-6-4-5-20(17-22)19-30-25-12-7-23(18-25)28(31)32/h4-6,8-9,13-14,17,23-25,27,30H,7,10-12,15-16,18-19H2,1-3H3,(H,31,32)/t23-,24-,25+,27-/m0/s1. The van der Waals surface area contributed by atoms with E-state index in [4.69, 9.17) is 4.74 Å². The van der Waals surface area contributed by atoms with Gasteiger partial charge in [-0.1, -0.05) is 51.1 Å². The average Bonchev–Trinajstić information content (AvgIpc) is 3.28. The van der Waals surface area contributed by atoms with Crippen LogP contribution in [0.15, 0.2) is 48.5 Å². The molecule has 4 heteroatoms. The maximum Gasteiger partial charge on any atom is 0.306 e. The van der Waals surface area contributed by atoms with Crippen LogP contribution >= 0.6 is 0 Å². The highest BCUT2D eigenvalue weighted by molar-refractivity contribution is 5.70. The summed E-state index contributed by atoms with van der Waals surface area (Å²) in [6, 6.07) is 17.4. The average molecular weight is 450 g/mol. The molecule has 0 amide bonds. The van der Waals surface area contributed by atoms with Gasteiger partial charge in [0.1, 0.15) is 5.75 Å². The molecule has 0 unspecified atom stereocenters. The Balaban J connectivity index is 1.30. The Kier molecular flexibility index (Phi) is 7.43. The van der Waals surface area contributed by atoms with E-state index in [1.54, 1.807) is 0 Å². The molecule has 2 aliphatic rings. The zero-order valence-electron chi connectivity index (χ0n) is 20.3. The van der Waals surface area contributed by atoms with E-state index in [1.807, 2.05) is 0 Å². The normalized spacial score (nSPS) is 25.7. The van der Waals surface area contributed by atoms with Gasteiger partial charge in [-0.3, -0.25) is 4.79 Å². The summed E-state index contributed by atoms with van der Waals surface area (Å²) in [7, 11) is 0. The minimum atomic E-state index is -0.661. The van der Waals surface area contributed by atoms with Crippen molar-refractivity contribution in [3.05, 3.63) is 54.1 Å². The first-order valence-corrected chi connectivity index (χ1v) is 12.6. The number of benzene rings is 2. The number of aliphatic carboxylic acids is 1. The summed E-state index contributed by atoms with van der Waals surface area (Å²) in [5.74, 6) is 0.910. The van der Waals surface area contributed by atoms with Crippen LogP contribution in [0.25, 0.3) is 11.1 Å². The minimum Gasteiger partial charge on any atom is -0.490 e. The van der Waals surface area contributed by atoms with Gasteiger partial charge in [-0.05, 0) is 91.2 Å². The molecule has 2 saturated carbocycles. The lowest BCUT2D eigenvalue weighted by molar-refractivity contribution is -0.141. The number of carboxylic acids is 1. The van der Waals surface area contributed by atoms with Crippen molar-refractivity contribution in [2.45, 2.75) is 84.4 Å². The fourth-order valence-corrected chi connectivity index (χ4v) is 5.48. The molecule has 0 aliphatic heterocycles. The molecule has 2 N–H and O–H groups in total. The fraction of sp³-hybridized carbons (Fsp3) is 0.552. The summed E-state index contributed by atoms with van der Waals surface area (Å²) < 4.78 is 6.30. The van der Waals surface area contributed by atoms with E-state index in [9.17, 15) is 9.90 Å². The maximum atomic E-state index is 11.2. The van der Waals surface area contributed by atoms with Crippen LogP contribution in [0.2, 0.25) is 0 Å². The van der Waals surface area contributed by atoms with Crippen LogP contribution in [0.4, 0.5) is 0 Å². The van der Waals surface area contributed by atoms with Gasteiger partial charge in [-0.25, -0.2) is 0 Å². The topological polar surface area (TPSA) is 58.6 Å². The first-order valence-electron chi connectivity index (χ1n) is 12.6. The predicted molar refractivity (Wildman–Crippen MR) is 133 cm³/mol. The first-order chi connectivity index (χ1) is 15.8. The predicted octanol–water partition coefficient (Wildman–Crippen LogP) is 6.68. The molecule has 0 saturated heterocycles. The molecule has 2 aromatic rings. The SMILES string of the molecule is CC(C)(C)[C@H]1CC[C@H](Oc2ccc(-c3cccc(CN[C@@H]4CC[C@H](C(=O)O)C4)c3)cc2)CC1. The molecule has 0 radical (unpaired) electrons. The number of rotatable bonds is 7. The molecule has 33 heavy (non-hydrogen) atoms. The number of hydrogen-bond donors (Lipinski definition) is 2. The van der Waals surface area contributed by atoms with Gasteiger partial charge in [-0.2, -0.15) is 0 Å². The molecule has 0 aromatic heterocycles. The van der Waals surface area contributed by atoms with E-state index in [0.29, 0.717) is 17.6 Å². The second-order valence-electron chi connectivity index (χ2n) is 11.1. The highest BCUT2D eigenvalue weighted by Crippen LogP contribution is 2.39. The van der Waals surface area contributed by atoms with Crippen LogP contribution in [0, 0.1) is 17.3 Å². The molecular weight excluding hydrogens is 410 g/mol. The maximum absolute atomic E-state index is 11.2. The molecular formula is C29H39NO3. The molecule has 2 atom stereocenters. The Morgan fingerprint density at radius 3 is 2.33 bits per heavy atom. The Bertz CT molecular complexity index is 923. The zero-order chi connectivity index (χ0) is 23.4. The van der Waals surface area contributed by atoms with Crippen molar-refractivity contribution in [1.29, 1.82) is 0 Å². The van der Waals surface area contributed by atoms with Crippen LogP contribution in [-0.2, 0) is 11.3 Å². The van der Waals surface area contributed by atoms with Crippen molar-refractivity contribution < 1.29 is 14.6 Å². The van der Waals surface area contributed by atoms with E-state index in [2.05, 4.69) is 74.6 Å². The van der Waals surface area contributed by atoms with E-state index >= 15 is 0 Å². The molecule has 2 fully saturated rings. The van der Waals surface area contributed by atoms with Gasteiger partial charge in [0.15, 0.2) is 0 Å². The highest BCUT2D eigenvalue weighted by atomic mass is 16.5. The highest BCUT2D eigenvalue weighted by Gasteiger charge is 2.31. The third-order valence-electron chi connectivity index (χ3n) is 7.69. The number of ether oxygens (including phenoxy) is 1. The van der Waals surface area contributed by atoms with Gasteiger partial charge >= 0.3 is 5.97 Å². The Hall–Kier alpha value is -2.33. The van der Waals surface area contributed by atoms with Crippen molar-refractivity contribution in [1.82, 2.24) is 5.32 Å². The van der Waals surface area contributed by atoms with E-state index < -0.39 is 5.97 Å². The van der Waals surface area contributed by atoms with E-state index in [1.165, 1.54) is 29.5 Å². The van der Waals surface area contributed by atoms with Crippen molar-refractivity contribution in [2.24, 2.45) is 17.3 Å².